The van der Waals surface area contributed by atoms with Crippen LogP contribution in [0.4, 0.5) is 0 Å². The molecule has 1 saturated heterocycles. The minimum atomic E-state index is -0.00930. The summed E-state index contributed by atoms with van der Waals surface area (Å²) in [4.78, 5) is 12.6. The first-order chi connectivity index (χ1) is 15.0. The molecule has 2 aliphatic rings. The number of carbonyl (C=O) groups is 1. The molecule has 1 amide bonds. The molecule has 1 aliphatic carbocycles. The molecule has 4 rings (SSSR count). The molecule has 0 bridgehead atoms. The Bertz CT molecular complexity index is 884. The molecule has 0 radical (unpaired) electrons. The normalized spacial score (nSPS) is 21.9. The van der Waals surface area contributed by atoms with Gasteiger partial charge < -0.3 is 14.8 Å². The first-order valence-corrected chi connectivity index (χ1v) is 11.7. The molecule has 1 aliphatic heterocycles. The molecule has 0 spiro atoms. The van der Waals surface area contributed by atoms with Gasteiger partial charge in [0.15, 0.2) is 11.5 Å². The Morgan fingerprint density at radius 2 is 1.77 bits per heavy atom. The van der Waals surface area contributed by atoms with E-state index in [4.69, 9.17) is 9.47 Å². The minimum absolute atomic E-state index is 0.00930. The monoisotopic (exact) mass is 421 g/mol. The fourth-order valence-electron chi connectivity index (χ4n) is 4.88. The summed E-state index contributed by atoms with van der Waals surface area (Å²) in [6, 6.07) is 15.0. The highest BCUT2D eigenvalue weighted by atomic mass is 16.5. The Hall–Kier alpha value is -2.49. The topological polar surface area (TPSA) is 47.6 Å². The van der Waals surface area contributed by atoms with Crippen molar-refractivity contribution in [2.45, 2.75) is 70.3 Å². The summed E-state index contributed by atoms with van der Waals surface area (Å²) in [5.41, 5.74) is 3.78. The second-order valence-electron chi connectivity index (χ2n) is 9.41. The van der Waals surface area contributed by atoms with Crippen LogP contribution in [0.25, 0.3) is 0 Å². The van der Waals surface area contributed by atoms with Crippen molar-refractivity contribution in [2.75, 3.05) is 13.7 Å². The summed E-state index contributed by atoms with van der Waals surface area (Å²) in [7, 11) is 1.69. The van der Waals surface area contributed by atoms with Crippen molar-refractivity contribution in [3.05, 3.63) is 59.2 Å². The second kappa shape index (κ2) is 9.76. The number of hydrogen-bond acceptors (Lipinski definition) is 3. The predicted molar refractivity (Wildman–Crippen MR) is 124 cm³/mol. The van der Waals surface area contributed by atoms with Crippen LogP contribution in [0, 0.1) is 5.92 Å². The zero-order valence-corrected chi connectivity index (χ0v) is 19.0. The first kappa shape index (κ1) is 21.7. The van der Waals surface area contributed by atoms with Crippen molar-refractivity contribution in [2.24, 2.45) is 5.92 Å². The molecule has 4 nitrogen and oxygen atoms in total. The van der Waals surface area contributed by atoms with Gasteiger partial charge in [-0.3, -0.25) is 4.79 Å². The van der Waals surface area contributed by atoms with Crippen molar-refractivity contribution < 1.29 is 14.3 Å². The van der Waals surface area contributed by atoms with Crippen LogP contribution in [0.2, 0.25) is 0 Å². The van der Waals surface area contributed by atoms with E-state index < -0.39 is 0 Å². The van der Waals surface area contributed by atoms with Gasteiger partial charge in [-0.25, -0.2) is 0 Å². The summed E-state index contributed by atoms with van der Waals surface area (Å²) < 4.78 is 11.8. The van der Waals surface area contributed by atoms with Crippen LogP contribution in [0.15, 0.2) is 42.5 Å². The lowest BCUT2D eigenvalue weighted by molar-refractivity contribution is -0.126. The summed E-state index contributed by atoms with van der Waals surface area (Å²) in [5.74, 6) is 2.59. The predicted octanol–water partition coefficient (Wildman–Crippen LogP) is 5.60. The summed E-state index contributed by atoms with van der Waals surface area (Å²) in [6.45, 7) is 5.08. The van der Waals surface area contributed by atoms with E-state index in [1.807, 2.05) is 6.07 Å². The van der Waals surface area contributed by atoms with E-state index >= 15 is 0 Å². The maximum Gasteiger partial charge on any atom is 0.223 e. The van der Waals surface area contributed by atoms with E-state index in [-0.39, 0.29) is 23.8 Å². The zero-order valence-electron chi connectivity index (χ0n) is 19.0. The van der Waals surface area contributed by atoms with Gasteiger partial charge in [0.05, 0.1) is 13.2 Å². The highest BCUT2D eigenvalue weighted by molar-refractivity contribution is 5.80. The lowest BCUT2D eigenvalue weighted by Crippen LogP contribution is -2.41. The largest absolute Gasteiger partial charge is 0.493 e. The van der Waals surface area contributed by atoms with Crippen LogP contribution >= 0.6 is 0 Å². The molecule has 2 atom stereocenters. The van der Waals surface area contributed by atoms with Crippen LogP contribution in [-0.2, 0) is 11.2 Å². The number of benzene rings is 2. The van der Waals surface area contributed by atoms with Crippen molar-refractivity contribution in [1.82, 2.24) is 5.32 Å². The van der Waals surface area contributed by atoms with Gasteiger partial charge >= 0.3 is 0 Å². The molecule has 4 heteroatoms. The van der Waals surface area contributed by atoms with Gasteiger partial charge in [-0.2, -0.15) is 0 Å². The van der Waals surface area contributed by atoms with Crippen molar-refractivity contribution >= 4 is 5.91 Å². The Balaban J connectivity index is 1.47. The quantitative estimate of drug-likeness (QED) is 0.633. The summed E-state index contributed by atoms with van der Waals surface area (Å²) >= 11 is 0. The van der Waals surface area contributed by atoms with Crippen molar-refractivity contribution in [3.8, 4) is 11.5 Å². The van der Waals surface area contributed by atoms with E-state index in [1.165, 1.54) is 29.5 Å². The molecule has 2 aromatic rings. The molecule has 31 heavy (non-hydrogen) atoms. The van der Waals surface area contributed by atoms with E-state index in [0.717, 1.165) is 37.2 Å². The number of piperidine rings is 1. The van der Waals surface area contributed by atoms with Gasteiger partial charge in [0.1, 0.15) is 0 Å². The molecule has 1 heterocycles. The number of methoxy groups -OCH3 is 1. The zero-order chi connectivity index (χ0) is 21.8. The number of ether oxygens (including phenoxy) is 2. The maximum absolute atomic E-state index is 12.6. The average Bonchev–Trinajstić information content (AvgIpc) is 3.29. The van der Waals surface area contributed by atoms with Gasteiger partial charge in [0.2, 0.25) is 5.91 Å². The molecular weight excluding hydrogens is 386 g/mol. The molecule has 1 N–H and O–H groups in total. The van der Waals surface area contributed by atoms with Gasteiger partial charge in [-0.15, -0.1) is 0 Å². The van der Waals surface area contributed by atoms with E-state index in [1.54, 1.807) is 7.11 Å². The summed E-state index contributed by atoms with van der Waals surface area (Å²) in [6.07, 6.45) is 6.63. The lowest BCUT2D eigenvalue weighted by Gasteiger charge is -2.30. The lowest BCUT2D eigenvalue weighted by atomic mass is 9.82. The second-order valence-corrected chi connectivity index (χ2v) is 9.41. The van der Waals surface area contributed by atoms with Crippen molar-refractivity contribution in [3.63, 3.8) is 0 Å². The molecule has 166 valence electrons. The van der Waals surface area contributed by atoms with E-state index in [9.17, 15) is 4.79 Å². The average molecular weight is 422 g/mol. The Kier molecular flexibility index (Phi) is 6.84. The minimum Gasteiger partial charge on any atom is -0.493 e. The van der Waals surface area contributed by atoms with E-state index in [0.29, 0.717) is 12.5 Å². The fourth-order valence-corrected chi connectivity index (χ4v) is 4.88. The van der Waals surface area contributed by atoms with Gasteiger partial charge in [0.25, 0.3) is 0 Å². The number of rotatable bonds is 7. The standard InChI is InChI=1S/C27H35NO3/c1-18(2)20-10-8-19(9-11-20)14-22-15-23(17-28-27(22)29)21-12-13-25(30-3)26(16-21)31-24-6-4-5-7-24/h8-13,16,18,22-24H,4-7,14-15,17H2,1-3H3,(H,28,29)/t22-,23+/m0/s1. The number of carbonyl (C=O) groups excluding carboxylic acids is 1. The molecular formula is C27H35NO3. The van der Waals surface area contributed by atoms with Gasteiger partial charge in [-0.05, 0) is 73.3 Å². The fraction of sp³-hybridized carbons (Fsp3) is 0.519. The molecule has 0 aromatic heterocycles. The molecule has 2 aromatic carbocycles. The highest BCUT2D eigenvalue weighted by Crippen LogP contribution is 2.37. The van der Waals surface area contributed by atoms with Gasteiger partial charge in [0, 0.05) is 18.4 Å². The third-order valence-electron chi connectivity index (χ3n) is 6.85. The SMILES string of the molecule is COc1ccc([C@H]2CNC(=O)[C@@H](Cc3ccc(C(C)C)cc3)C2)cc1OC1CCCC1. The van der Waals surface area contributed by atoms with Crippen LogP contribution in [-0.4, -0.2) is 25.7 Å². The van der Waals surface area contributed by atoms with Crippen LogP contribution in [0.3, 0.4) is 0 Å². The Morgan fingerprint density at radius 3 is 2.45 bits per heavy atom. The summed E-state index contributed by atoms with van der Waals surface area (Å²) in [5, 5.41) is 3.14. The van der Waals surface area contributed by atoms with Crippen molar-refractivity contribution in [1.29, 1.82) is 0 Å². The van der Waals surface area contributed by atoms with E-state index in [2.05, 4.69) is 55.6 Å². The molecule has 2 fully saturated rings. The Morgan fingerprint density at radius 1 is 1.03 bits per heavy atom. The molecule has 1 saturated carbocycles. The Labute approximate surface area is 186 Å². The van der Waals surface area contributed by atoms with Gasteiger partial charge in [-0.1, -0.05) is 44.2 Å². The van der Waals surface area contributed by atoms with Crippen LogP contribution in [0.1, 0.15) is 74.5 Å². The maximum atomic E-state index is 12.6. The highest BCUT2D eigenvalue weighted by Gasteiger charge is 2.30. The molecule has 0 unspecified atom stereocenters. The van der Waals surface area contributed by atoms with Crippen LogP contribution in [0.5, 0.6) is 11.5 Å². The number of amides is 1. The first-order valence-electron chi connectivity index (χ1n) is 11.7. The number of nitrogens with one attached hydrogen (secondary N) is 1. The third-order valence-corrected chi connectivity index (χ3v) is 6.85. The number of hydrogen-bond donors (Lipinski definition) is 1. The third kappa shape index (κ3) is 5.23. The smallest absolute Gasteiger partial charge is 0.223 e. The van der Waals surface area contributed by atoms with Crippen LogP contribution < -0.4 is 14.8 Å².